The number of nitrogens with one attached hydrogen (secondary N) is 1. The number of benzene rings is 1. The minimum Gasteiger partial charge on any atom is -0.494 e. The summed E-state index contributed by atoms with van der Waals surface area (Å²) in [6.45, 7) is 10.1. The molecule has 44 heavy (non-hydrogen) atoms. The Kier molecular flexibility index (Phi) is 9.77. The van der Waals surface area contributed by atoms with Gasteiger partial charge in [0.15, 0.2) is 0 Å². The Balaban J connectivity index is 1.73. The van der Waals surface area contributed by atoms with E-state index in [9.17, 15) is 18.4 Å². The normalized spacial score (nSPS) is 15.3. The quantitative estimate of drug-likeness (QED) is 0.220. The number of pyridine rings is 2. The van der Waals surface area contributed by atoms with E-state index in [1.165, 1.54) is 34.2 Å². The number of rotatable bonds is 9. The average molecular weight is 642 g/mol. The largest absolute Gasteiger partial charge is 0.494 e. The topological polar surface area (TPSA) is 89.3 Å². The van der Waals surface area contributed by atoms with Gasteiger partial charge < -0.3 is 15.0 Å². The lowest BCUT2D eigenvalue weighted by Crippen LogP contribution is -2.51. The number of halogens is 3. The summed E-state index contributed by atoms with van der Waals surface area (Å²) in [5, 5.41) is 5.82. The van der Waals surface area contributed by atoms with E-state index in [2.05, 4.69) is 10.3 Å². The molecule has 4 heterocycles. The van der Waals surface area contributed by atoms with Gasteiger partial charge in [-0.1, -0.05) is 25.4 Å². The van der Waals surface area contributed by atoms with Gasteiger partial charge in [-0.2, -0.15) is 0 Å². The first-order valence-electron chi connectivity index (χ1n) is 14.5. The number of nitrogens with zero attached hydrogens (tertiary/aromatic N) is 4. The van der Waals surface area contributed by atoms with Crippen molar-refractivity contribution in [3.05, 3.63) is 80.3 Å². The molecule has 4 aromatic rings. The highest BCUT2D eigenvalue weighted by Crippen LogP contribution is 2.33. The first kappa shape index (κ1) is 31.7. The third-order valence-electron chi connectivity index (χ3n) is 7.30. The summed E-state index contributed by atoms with van der Waals surface area (Å²) in [6, 6.07) is 9.67. The molecule has 1 N–H and O–H groups in total. The van der Waals surface area contributed by atoms with Crippen LogP contribution in [0.5, 0.6) is 5.75 Å². The van der Waals surface area contributed by atoms with Crippen LogP contribution in [0.15, 0.2) is 52.8 Å². The van der Waals surface area contributed by atoms with E-state index < -0.39 is 6.43 Å². The molecule has 1 aromatic carbocycles. The van der Waals surface area contributed by atoms with Gasteiger partial charge in [0.05, 0.1) is 34.1 Å². The molecule has 1 aliphatic heterocycles. The van der Waals surface area contributed by atoms with Crippen LogP contribution in [0.4, 0.5) is 8.78 Å². The summed E-state index contributed by atoms with van der Waals surface area (Å²) in [4.78, 5) is 39.0. The highest BCUT2D eigenvalue weighted by atomic mass is 35.5. The van der Waals surface area contributed by atoms with Crippen LogP contribution in [0.25, 0.3) is 27.5 Å². The van der Waals surface area contributed by atoms with Crippen molar-refractivity contribution in [2.75, 3.05) is 26.2 Å². The average Bonchev–Trinajstić information content (AvgIpc) is 3.48. The maximum atomic E-state index is 14.5. The van der Waals surface area contributed by atoms with Crippen LogP contribution in [-0.4, -0.2) is 57.6 Å². The van der Waals surface area contributed by atoms with Crippen molar-refractivity contribution < 1.29 is 18.3 Å². The molecule has 1 aliphatic rings. The van der Waals surface area contributed by atoms with Crippen molar-refractivity contribution in [2.24, 2.45) is 5.92 Å². The van der Waals surface area contributed by atoms with Gasteiger partial charge in [-0.25, -0.2) is 13.8 Å². The van der Waals surface area contributed by atoms with Gasteiger partial charge in [0.25, 0.3) is 17.9 Å². The van der Waals surface area contributed by atoms with Crippen molar-refractivity contribution >= 4 is 28.8 Å². The molecule has 1 saturated heterocycles. The molecule has 0 bridgehead atoms. The maximum Gasteiger partial charge on any atom is 0.280 e. The number of alkyl halides is 2. The zero-order valence-corrected chi connectivity index (χ0v) is 26.5. The lowest BCUT2D eigenvalue weighted by molar-refractivity contribution is 0.0707. The predicted molar refractivity (Wildman–Crippen MR) is 169 cm³/mol. The fourth-order valence-corrected chi connectivity index (χ4v) is 6.30. The van der Waals surface area contributed by atoms with E-state index in [1.54, 1.807) is 34.5 Å². The van der Waals surface area contributed by atoms with Crippen LogP contribution in [0, 0.1) is 5.92 Å². The van der Waals surface area contributed by atoms with E-state index in [-0.39, 0.29) is 34.7 Å². The Hall–Kier alpha value is -3.67. The van der Waals surface area contributed by atoms with Crippen LogP contribution in [0.3, 0.4) is 0 Å². The smallest absolute Gasteiger partial charge is 0.280 e. The summed E-state index contributed by atoms with van der Waals surface area (Å²) >= 11 is 7.96. The fourth-order valence-electron chi connectivity index (χ4n) is 5.26. The molecule has 0 saturated carbocycles. The van der Waals surface area contributed by atoms with Crippen molar-refractivity contribution in [3.63, 3.8) is 0 Å². The predicted octanol–water partition coefficient (Wildman–Crippen LogP) is 6.65. The summed E-state index contributed by atoms with van der Waals surface area (Å²) in [5.74, 6) is 0.480. The summed E-state index contributed by atoms with van der Waals surface area (Å²) in [6.07, 6.45) is -0.900. The molecular weight excluding hydrogens is 608 g/mol. The molecule has 232 valence electrons. The lowest BCUT2D eigenvalue weighted by Gasteiger charge is -2.33. The molecule has 1 atom stereocenters. The Morgan fingerprint density at radius 3 is 2.68 bits per heavy atom. The number of carbonyl (C=O) groups excluding carboxylic acids is 1. The third kappa shape index (κ3) is 6.69. The molecule has 0 radical (unpaired) electrons. The molecule has 0 spiro atoms. The molecule has 0 unspecified atom stereocenters. The monoisotopic (exact) mass is 641 g/mol. The summed E-state index contributed by atoms with van der Waals surface area (Å²) in [7, 11) is 0. The molecule has 5 rings (SSSR count). The van der Waals surface area contributed by atoms with E-state index in [0.717, 1.165) is 0 Å². The number of carbonyl (C=O) groups is 1. The number of aromatic nitrogens is 3. The van der Waals surface area contributed by atoms with Gasteiger partial charge in [-0.3, -0.25) is 19.1 Å². The molecule has 3 aromatic heterocycles. The molecule has 1 amide bonds. The van der Waals surface area contributed by atoms with Crippen LogP contribution < -0.4 is 15.6 Å². The van der Waals surface area contributed by atoms with Gasteiger partial charge in [0.2, 0.25) is 0 Å². The van der Waals surface area contributed by atoms with Gasteiger partial charge in [-0.15, -0.1) is 11.3 Å². The molecule has 0 aliphatic carbocycles. The van der Waals surface area contributed by atoms with Crippen molar-refractivity contribution in [1.29, 1.82) is 0 Å². The second-order valence-corrected chi connectivity index (χ2v) is 12.4. The SMILES string of the molecule is CCOc1ccc(Cl)c(-n2c(CC(C)C)c(C(=O)N3CCN[C@H](C)C3)cc(-c3nc(-c4ccc(C(F)F)nc4)cs3)c2=O)c1. The van der Waals surface area contributed by atoms with Crippen molar-refractivity contribution in [3.8, 4) is 33.3 Å². The van der Waals surface area contributed by atoms with Gasteiger partial charge >= 0.3 is 0 Å². The Morgan fingerprint density at radius 2 is 2.02 bits per heavy atom. The molecular formula is C32H34ClF2N5O3S. The van der Waals surface area contributed by atoms with E-state index in [0.29, 0.717) is 76.6 Å². The Bertz CT molecular complexity index is 1710. The molecule has 1 fully saturated rings. The minimum absolute atomic E-state index is 0.115. The van der Waals surface area contributed by atoms with Crippen LogP contribution in [-0.2, 0) is 6.42 Å². The number of hydrogen-bond acceptors (Lipinski definition) is 7. The number of piperazine rings is 1. The summed E-state index contributed by atoms with van der Waals surface area (Å²) < 4.78 is 33.4. The van der Waals surface area contributed by atoms with Gasteiger partial charge in [-0.05, 0) is 56.5 Å². The second-order valence-electron chi connectivity index (χ2n) is 11.1. The first-order valence-corrected chi connectivity index (χ1v) is 15.8. The Labute approximate surface area is 263 Å². The number of ether oxygens (including phenoxy) is 1. The van der Waals surface area contributed by atoms with E-state index in [4.69, 9.17) is 21.3 Å². The standard InChI is InChI=1S/C32H34ClF2N5O3S/c1-5-43-21-7-8-24(33)28(13-21)40-27(12-18(2)3)22(31(41)39-11-10-36-19(4)16-39)14-23(32(40)42)30-38-26(17-44-30)20-6-9-25(29(34)35)37-15-20/h6-9,13-15,17-19,29,36H,5,10-12,16H2,1-4H3/t19-/m1/s1. The van der Waals surface area contributed by atoms with Crippen molar-refractivity contribution in [1.82, 2.24) is 24.8 Å². The molecule has 12 heteroatoms. The number of amides is 1. The van der Waals surface area contributed by atoms with Crippen LogP contribution >= 0.6 is 22.9 Å². The Morgan fingerprint density at radius 1 is 1.23 bits per heavy atom. The lowest BCUT2D eigenvalue weighted by atomic mass is 9.99. The zero-order valence-electron chi connectivity index (χ0n) is 24.9. The first-order chi connectivity index (χ1) is 21.1. The second kappa shape index (κ2) is 13.5. The fraction of sp³-hybridized carbons (Fsp3) is 0.375. The van der Waals surface area contributed by atoms with E-state index in [1.807, 2.05) is 27.7 Å². The van der Waals surface area contributed by atoms with Gasteiger partial charge in [0.1, 0.15) is 16.5 Å². The number of hydrogen-bond donors (Lipinski definition) is 1. The van der Waals surface area contributed by atoms with Crippen LogP contribution in [0.2, 0.25) is 5.02 Å². The summed E-state index contributed by atoms with van der Waals surface area (Å²) in [5.41, 5.74) is 1.91. The zero-order chi connectivity index (χ0) is 31.5. The van der Waals surface area contributed by atoms with Crippen molar-refractivity contribution in [2.45, 2.75) is 46.6 Å². The minimum atomic E-state index is -2.68. The highest BCUT2D eigenvalue weighted by molar-refractivity contribution is 7.13. The molecule has 8 nitrogen and oxygen atoms in total. The van der Waals surface area contributed by atoms with Crippen LogP contribution in [0.1, 0.15) is 55.9 Å². The highest BCUT2D eigenvalue weighted by Gasteiger charge is 2.29. The number of thiazole rings is 1. The van der Waals surface area contributed by atoms with Gasteiger partial charge in [0, 0.05) is 54.6 Å². The third-order valence-corrected chi connectivity index (χ3v) is 8.50. The maximum absolute atomic E-state index is 14.5. The van der Waals surface area contributed by atoms with E-state index >= 15 is 0 Å².